The number of hydrogen-bond acceptors (Lipinski definition) is 7. The Morgan fingerprint density at radius 3 is 2.33 bits per heavy atom. The smallest absolute Gasteiger partial charge is 0.489 e. The first-order chi connectivity index (χ1) is 18.8. The van der Waals surface area contributed by atoms with E-state index in [1.807, 2.05) is 0 Å². The van der Waals surface area contributed by atoms with Crippen LogP contribution in [0.3, 0.4) is 0 Å². The van der Waals surface area contributed by atoms with Crippen LogP contribution in [0.4, 0.5) is 26.3 Å². The lowest BCUT2D eigenvalue weighted by atomic mass is 9.93. The SMILES string of the molecule is CCOC(=O)C1(Cc2ccc(OCc3cc(C(F)(F)F)nc4ccc(OC(F)(F)F)cc34)cc2)CC1C(=O)NO. The van der Waals surface area contributed by atoms with Crippen LogP contribution in [0.15, 0.2) is 48.5 Å². The molecular weight excluding hydrogens is 550 g/mol. The van der Waals surface area contributed by atoms with Gasteiger partial charge < -0.3 is 14.2 Å². The van der Waals surface area contributed by atoms with E-state index in [1.54, 1.807) is 24.5 Å². The molecule has 1 aromatic heterocycles. The molecule has 1 aliphatic carbocycles. The lowest BCUT2D eigenvalue weighted by Crippen LogP contribution is -2.30. The first-order valence-electron chi connectivity index (χ1n) is 11.9. The highest BCUT2D eigenvalue weighted by atomic mass is 19.4. The number of alkyl halides is 6. The van der Waals surface area contributed by atoms with Crippen molar-refractivity contribution >= 4 is 22.8 Å². The van der Waals surface area contributed by atoms with Crippen LogP contribution in [0.5, 0.6) is 11.5 Å². The van der Waals surface area contributed by atoms with Crippen molar-refractivity contribution in [1.82, 2.24) is 10.5 Å². The Hall–Kier alpha value is -4.07. The first-order valence-corrected chi connectivity index (χ1v) is 11.9. The number of fused-ring (bicyclic) bond motifs is 1. The number of hydrogen-bond donors (Lipinski definition) is 2. The van der Waals surface area contributed by atoms with Crippen LogP contribution in [0, 0.1) is 11.3 Å². The predicted octanol–water partition coefficient (Wildman–Crippen LogP) is 5.35. The highest BCUT2D eigenvalue weighted by molar-refractivity contribution is 5.93. The van der Waals surface area contributed by atoms with Gasteiger partial charge in [-0.1, -0.05) is 12.1 Å². The van der Waals surface area contributed by atoms with Gasteiger partial charge in [0.2, 0.25) is 5.91 Å². The molecule has 8 nitrogen and oxygen atoms in total. The number of rotatable bonds is 9. The largest absolute Gasteiger partial charge is 0.573 e. The molecule has 0 saturated heterocycles. The van der Waals surface area contributed by atoms with E-state index >= 15 is 0 Å². The second-order valence-corrected chi connectivity index (χ2v) is 9.11. The summed E-state index contributed by atoms with van der Waals surface area (Å²) in [6, 6.07) is 9.63. The third kappa shape index (κ3) is 6.38. The molecule has 4 rings (SSSR count). The van der Waals surface area contributed by atoms with Gasteiger partial charge in [-0.15, -0.1) is 13.2 Å². The molecule has 40 heavy (non-hydrogen) atoms. The third-order valence-electron chi connectivity index (χ3n) is 6.41. The summed E-state index contributed by atoms with van der Waals surface area (Å²) in [5, 5.41) is 8.92. The fraction of sp³-hybridized carbons (Fsp3) is 0.346. The Morgan fingerprint density at radius 1 is 1.05 bits per heavy atom. The second-order valence-electron chi connectivity index (χ2n) is 9.11. The Labute approximate surface area is 222 Å². The van der Waals surface area contributed by atoms with Crippen molar-refractivity contribution in [2.45, 2.75) is 38.9 Å². The molecule has 1 heterocycles. The van der Waals surface area contributed by atoms with Crippen molar-refractivity contribution in [2.75, 3.05) is 6.61 Å². The van der Waals surface area contributed by atoms with Gasteiger partial charge in [0.1, 0.15) is 23.8 Å². The summed E-state index contributed by atoms with van der Waals surface area (Å²) in [4.78, 5) is 27.9. The molecular formula is C26H22F6N2O6. The van der Waals surface area contributed by atoms with Crippen molar-refractivity contribution in [3.05, 3.63) is 65.4 Å². The molecule has 0 bridgehead atoms. The number of amides is 1. The highest BCUT2D eigenvalue weighted by Gasteiger charge is 2.64. The van der Waals surface area contributed by atoms with Gasteiger partial charge in [-0.3, -0.25) is 14.8 Å². The maximum Gasteiger partial charge on any atom is 0.573 e. The van der Waals surface area contributed by atoms with Crippen LogP contribution in [-0.4, -0.2) is 35.0 Å². The lowest BCUT2D eigenvalue weighted by Gasteiger charge is -2.16. The number of nitrogens with zero attached hydrogens (tertiary/aromatic N) is 1. The fourth-order valence-electron chi connectivity index (χ4n) is 4.46. The van der Waals surface area contributed by atoms with E-state index in [1.165, 1.54) is 12.1 Å². The average molecular weight is 572 g/mol. The zero-order valence-electron chi connectivity index (χ0n) is 20.7. The molecule has 3 aromatic rings. The number of pyridine rings is 1. The Morgan fingerprint density at radius 2 is 1.73 bits per heavy atom. The zero-order valence-corrected chi connectivity index (χ0v) is 20.7. The lowest BCUT2D eigenvalue weighted by molar-refractivity contribution is -0.274. The van der Waals surface area contributed by atoms with Gasteiger partial charge in [0.05, 0.1) is 23.5 Å². The van der Waals surface area contributed by atoms with Crippen LogP contribution >= 0.6 is 0 Å². The number of carbonyl (C=O) groups excluding carboxylic acids is 2. The van der Waals surface area contributed by atoms with Crippen LogP contribution in [0.1, 0.15) is 30.2 Å². The molecule has 14 heteroatoms. The minimum absolute atomic E-state index is 0.0234. The number of hydroxylamine groups is 1. The third-order valence-corrected chi connectivity index (χ3v) is 6.41. The number of nitrogens with one attached hydrogen (secondary N) is 1. The van der Waals surface area contributed by atoms with E-state index in [9.17, 15) is 35.9 Å². The molecule has 0 spiro atoms. The van der Waals surface area contributed by atoms with E-state index in [0.717, 1.165) is 18.2 Å². The fourth-order valence-corrected chi connectivity index (χ4v) is 4.46. The molecule has 1 aliphatic rings. The molecule has 2 N–H and O–H groups in total. The van der Waals surface area contributed by atoms with Crippen LogP contribution < -0.4 is 15.0 Å². The van der Waals surface area contributed by atoms with Crippen LogP contribution in [-0.2, 0) is 33.5 Å². The molecule has 1 saturated carbocycles. The summed E-state index contributed by atoms with van der Waals surface area (Å²) in [5.74, 6) is -2.48. The summed E-state index contributed by atoms with van der Waals surface area (Å²) in [6.45, 7) is 1.28. The van der Waals surface area contributed by atoms with Gasteiger partial charge in [0.15, 0.2) is 0 Å². The number of esters is 1. The molecule has 2 atom stereocenters. The highest BCUT2D eigenvalue weighted by Crippen LogP contribution is 2.56. The van der Waals surface area contributed by atoms with Gasteiger partial charge in [0.25, 0.3) is 0 Å². The molecule has 2 aromatic carbocycles. The van der Waals surface area contributed by atoms with Gasteiger partial charge in [0, 0.05) is 10.9 Å². The number of aromatic nitrogens is 1. The topological polar surface area (TPSA) is 107 Å². The zero-order chi connectivity index (χ0) is 29.3. The Bertz CT molecular complexity index is 1410. The minimum atomic E-state index is -5.00. The maximum atomic E-state index is 13.4. The summed E-state index contributed by atoms with van der Waals surface area (Å²) in [5.41, 5.74) is -0.505. The summed E-state index contributed by atoms with van der Waals surface area (Å²) >= 11 is 0. The monoisotopic (exact) mass is 572 g/mol. The quantitative estimate of drug-likeness (QED) is 0.154. The van der Waals surface area contributed by atoms with Gasteiger partial charge >= 0.3 is 18.5 Å². The van der Waals surface area contributed by atoms with Gasteiger partial charge in [-0.2, -0.15) is 13.2 Å². The number of carbonyl (C=O) groups is 2. The van der Waals surface area contributed by atoms with Gasteiger partial charge in [-0.25, -0.2) is 10.5 Å². The molecule has 0 aliphatic heterocycles. The molecule has 2 unspecified atom stereocenters. The summed E-state index contributed by atoms with van der Waals surface area (Å²) in [6.07, 6.45) is -9.52. The van der Waals surface area contributed by atoms with E-state index in [-0.39, 0.29) is 41.7 Å². The molecule has 1 amide bonds. The standard InChI is InChI=1S/C26H22F6N2O6/c1-2-38-23(36)24(12-19(24)22(35)34-37)11-14-3-5-16(6-4-14)39-13-15-9-21(25(27,28)29)33-20-8-7-17(10-18(15)20)40-26(30,31)32/h3-10,19,37H,2,11-13H2,1H3,(H,34,35). The summed E-state index contributed by atoms with van der Waals surface area (Å²) < 4.78 is 92.8. The first kappa shape index (κ1) is 28.9. The minimum Gasteiger partial charge on any atom is -0.489 e. The Kier molecular flexibility index (Phi) is 7.83. The van der Waals surface area contributed by atoms with Crippen molar-refractivity contribution in [1.29, 1.82) is 0 Å². The van der Waals surface area contributed by atoms with E-state index in [0.29, 0.717) is 11.6 Å². The molecule has 214 valence electrons. The second kappa shape index (κ2) is 10.8. The molecule has 0 radical (unpaired) electrons. The predicted molar refractivity (Wildman–Crippen MR) is 125 cm³/mol. The van der Waals surface area contributed by atoms with Gasteiger partial charge in [-0.05, 0) is 61.7 Å². The number of halogens is 6. The van der Waals surface area contributed by atoms with E-state index in [4.69, 9.17) is 14.7 Å². The van der Waals surface area contributed by atoms with Crippen LogP contribution in [0.25, 0.3) is 10.9 Å². The van der Waals surface area contributed by atoms with Crippen LogP contribution in [0.2, 0.25) is 0 Å². The van der Waals surface area contributed by atoms with E-state index < -0.39 is 53.8 Å². The average Bonchev–Trinajstić information content (AvgIpc) is 3.61. The summed E-state index contributed by atoms with van der Waals surface area (Å²) in [7, 11) is 0. The van der Waals surface area contributed by atoms with Crippen molar-refractivity contribution < 1.29 is 55.3 Å². The number of benzene rings is 2. The number of ether oxygens (including phenoxy) is 3. The van der Waals surface area contributed by atoms with E-state index in [2.05, 4.69) is 9.72 Å². The maximum absolute atomic E-state index is 13.4. The molecule has 1 fully saturated rings. The van der Waals surface area contributed by atoms with Crippen molar-refractivity contribution in [2.24, 2.45) is 11.3 Å². The van der Waals surface area contributed by atoms with Crippen molar-refractivity contribution in [3.63, 3.8) is 0 Å². The van der Waals surface area contributed by atoms with Crippen molar-refractivity contribution in [3.8, 4) is 11.5 Å². The normalized spacial score (nSPS) is 18.8. The Balaban J connectivity index is 1.55.